The average molecular weight is 314 g/mol. The van der Waals surface area contributed by atoms with Crippen molar-refractivity contribution in [2.45, 2.75) is 26.9 Å². The second-order valence-corrected chi connectivity index (χ2v) is 4.09. The Morgan fingerprint density at radius 2 is 1.50 bits per heavy atom. The number of hydrogen-bond acceptors (Lipinski definition) is 7. The molecule has 9 nitrogen and oxygen atoms in total. The lowest BCUT2D eigenvalue weighted by molar-refractivity contribution is -0.144. The number of methoxy groups -OCH3 is 1. The molecule has 0 amide bonds. The van der Waals surface area contributed by atoms with Gasteiger partial charge in [0.25, 0.3) is 5.56 Å². The molecule has 0 spiro atoms. The van der Waals surface area contributed by atoms with Crippen molar-refractivity contribution in [3.63, 3.8) is 0 Å². The molecule has 0 aliphatic rings. The third kappa shape index (κ3) is 4.21. The standard InChI is InChI=1S/C13H18N2O7/c1-4-21-11(17)7-14-9(16)6-10(20-3)15(13(14)19)8-12(18)22-5-2/h6H,4-5,7-8H2,1-3H3. The Morgan fingerprint density at radius 1 is 1.00 bits per heavy atom. The summed E-state index contributed by atoms with van der Waals surface area (Å²) >= 11 is 0. The Labute approximate surface area is 126 Å². The number of esters is 2. The van der Waals surface area contributed by atoms with Gasteiger partial charge >= 0.3 is 17.6 Å². The van der Waals surface area contributed by atoms with Gasteiger partial charge in [-0.1, -0.05) is 0 Å². The van der Waals surface area contributed by atoms with Crippen LogP contribution in [0.1, 0.15) is 13.8 Å². The highest BCUT2D eigenvalue weighted by Gasteiger charge is 2.17. The van der Waals surface area contributed by atoms with Gasteiger partial charge in [-0.05, 0) is 13.8 Å². The van der Waals surface area contributed by atoms with Gasteiger partial charge < -0.3 is 14.2 Å². The lowest BCUT2D eigenvalue weighted by atomic mass is 10.5. The van der Waals surface area contributed by atoms with Crippen molar-refractivity contribution in [1.82, 2.24) is 9.13 Å². The molecule has 122 valence electrons. The van der Waals surface area contributed by atoms with E-state index < -0.39 is 36.3 Å². The van der Waals surface area contributed by atoms with Crippen LogP contribution in [0.25, 0.3) is 0 Å². The minimum Gasteiger partial charge on any atom is -0.482 e. The SMILES string of the molecule is CCOC(=O)Cn1c(OC)cc(=O)n(CC(=O)OCC)c1=O. The van der Waals surface area contributed by atoms with E-state index in [1.807, 2.05) is 0 Å². The molecule has 0 bridgehead atoms. The van der Waals surface area contributed by atoms with Crippen LogP contribution in [0.5, 0.6) is 5.88 Å². The predicted octanol–water partition coefficient (Wildman–Crippen LogP) is -0.855. The molecule has 1 heterocycles. The Balaban J connectivity index is 3.25. The van der Waals surface area contributed by atoms with Gasteiger partial charge in [-0.15, -0.1) is 0 Å². The van der Waals surface area contributed by atoms with Crippen LogP contribution in [0, 0.1) is 0 Å². The Kier molecular flexibility index (Phi) is 6.36. The molecule has 0 saturated heterocycles. The number of hydrogen-bond donors (Lipinski definition) is 0. The molecule has 0 aliphatic heterocycles. The first kappa shape index (κ1) is 17.5. The summed E-state index contributed by atoms with van der Waals surface area (Å²) in [6, 6.07) is 1.01. The van der Waals surface area contributed by atoms with Crippen LogP contribution in [0.2, 0.25) is 0 Å². The molecule has 1 aromatic heterocycles. The summed E-state index contributed by atoms with van der Waals surface area (Å²) in [5.41, 5.74) is -1.58. The molecule has 0 aliphatic carbocycles. The Bertz CT molecular complexity index is 659. The van der Waals surface area contributed by atoms with E-state index in [0.29, 0.717) is 4.57 Å². The smallest absolute Gasteiger partial charge is 0.334 e. The van der Waals surface area contributed by atoms with Crippen molar-refractivity contribution in [2.24, 2.45) is 0 Å². The van der Waals surface area contributed by atoms with Gasteiger partial charge in [-0.25, -0.2) is 9.36 Å². The lowest BCUT2D eigenvalue weighted by Gasteiger charge is -2.13. The van der Waals surface area contributed by atoms with Gasteiger partial charge in [-0.3, -0.25) is 19.0 Å². The highest BCUT2D eigenvalue weighted by molar-refractivity contribution is 5.70. The normalized spacial score (nSPS) is 10.1. The van der Waals surface area contributed by atoms with Crippen molar-refractivity contribution < 1.29 is 23.8 Å². The number of carbonyl (C=O) groups excluding carboxylic acids is 2. The van der Waals surface area contributed by atoms with Crippen LogP contribution in [-0.4, -0.2) is 41.4 Å². The molecule has 0 fully saturated rings. The maximum Gasteiger partial charge on any atom is 0.334 e. The van der Waals surface area contributed by atoms with Gasteiger partial charge in [0.1, 0.15) is 13.1 Å². The van der Waals surface area contributed by atoms with Gasteiger partial charge in [0.2, 0.25) is 5.88 Å². The van der Waals surface area contributed by atoms with Crippen molar-refractivity contribution in [2.75, 3.05) is 20.3 Å². The van der Waals surface area contributed by atoms with Crippen LogP contribution in [0.4, 0.5) is 0 Å². The fourth-order valence-electron chi connectivity index (χ4n) is 1.73. The zero-order chi connectivity index (χ0) is 16.7. The van der Waals surface area contributed by atoms with Gasteiger partial charge in [0.05, 0.1) is 26.4 Å². The summed E-state index contributed by atoms with van der Waals surface area (Å²) in [5.74, 6) is -1.48. The number of carbonyl (C=O) groups is 2. The third-order valence-electron chi connectivity index (χ3n) is 2.64. The quantitative estimate of drug-likeness (QED) is 0.603. The van der Waals surface area contributed by atoms with E-state index in [-0.39, 0.29) is 19.1 Å². The fourth-order valence-corrected chi connectivity index (χ4v) is 1.73. The van der Waals surface area contributed by atoms with E-state index in [9.17, 15) is 19.2 Å². The molecule has 0 atom stereocenters. The van der Waals surface area contributed by atoms with E-state index in [1.165, 1.54) is 7.11 Å². The summed E-state index contributed by atoms with van der Waals surface area (Å²) < 4.78 is 16.0. The highest BCUT2D eigenvalue weighted by atomic mass is 16.5. The van der Waals surface area contributed by atoms with Crippen molar-refractivity contribution in [1.29, 1.82) is 0 Å². The minimum absolute atomic E-state index is 0.0943. The van der Waals surface area contributed by atoms with Gasteiger partial charge in [-0.2, -0.15) is 0 Å². The second kappa shape index (κ2) is 8.01. The predicted molar refractivity (Wildman–Crippen MR) is 74.8 cm³/mol. The summed E-state index contributed by atoms with van der Waals surface area (Å²) in [7, 11) is 1.26. The fraction of sp³-hybridized carbons (Fsp3) is 0.538. The topological polar surface area (TPSA) is 106 Å². The lowest BCUT2D eigenvalue weighted by Crippen LogP contribution is -2.42. The number of rotatable bonds is 7. The van der Waals surface area contributed by atoms with Crippen molar-refractivity contribution in [3.05, 3.63) is 26.9 Å². The highest BCUT2D eigenvalue weighted by Crippen LogP contribution is 2.04. The van der Waals surface area contributed by atoms with Crippen LogP contribution >= 0.6 is 0 Å². The van der Waals surface area contributed by atoms with E-state index in [2.05, 4.69) is 0 Å². The molecule has 0 saturated carbocycles. The summed E-state index contributed by atoms with van der Waals surface area (Å²) in [6.45, 7) is 2.53. The molecule has 1 rings (SSSR count). The zero-order valence-electron chi connectivity index (χ0n) is 12.7. The molecular weight excluding hydrogens is 296 g/mol. The maximum absolute atomic E-state index is 12.3. The Hall–Kier alpha value is -2.58. The van der Waals surface area contributed by atoms with Crippen LogP contribution in [0.15, 0.2) is 15.7 Å². The zero-order valence-corrected chi connectivity index (χ0v) is 12.7. The molecule has 0 aromatic carbocycles. The van der Waals surface area contributed by atoms with Crippen LogP contribution < -0.4 is 16.0 Å². The largest absolute Gasteiger partial charge is 0.482 e. The summed E-state index contributed by atoms with van der Waals surface area (Å²) in [4.78, 5) is 47.1. The third-order valence-corrected chi connectivity index (χ3v) is 2.64. The molecule has 0 unspecified atom stereocenters. The van der Waals surface area contributed by atoms with Crippen molar-refractivity contribution >= 4 is 11.9 Å². The first-order chi connectivity index (χ1) is 10.4. The van der Waals surface area contributed by atoms with E-state index in [1.54, 1.807) is 13.8 Å². The number of ether oxygens (including phenoxy) is 3. The van der Waals surface area contributed by atoms with Crippen molar-refractivity contribution in [3.8, 4) is 5.88 Å². The van der Waals surface area contributed by atoms with E-state index in [4.69, 9.17) is 14.2 Å². The number of aromatic nitrogens is 2. The molecule has 1 aromatic rings. The summed E-state index contributed by atoms with van der Waals surface area (Å²) in [5, 5.41) is 0. The van der Waals surface area contributed by atoms with E-state index in [0.717, 1.165) is 10.6 Å². The van der Waals surface area contributed by atoms with Crippen LogP contribution in [0.3, 0.4) is 0 Å². The van der Waals surface area contributed by atoms with Crippen LogP contribution in [-0.2, 0) is 32.2 Å². The van der Waals surface area contributed by atoms with Gasteiger partial charge in [0.15, 0.2) is 0 Å². The van der Waals surface area contributed by atoms with E-state index >= 15 is 0 Å². The molecule has 22 heavy (non-hydrogen) atoms. The first-order valence-electron chi connectivity index (χ1n) is 6.64. The maximum atomic E-state index is 12.3. The summed E-state index contributed by atoms with van der Waals surface area (Å²) in [6.07, 6.45) is 0. The minimum atomic E-state index is -0.856. The first-order valence-corrected chi connectivity index (χ1v) is 6.64. The molecule has 9 heteroatoms. The molecule has 0 N–H and O–H groups in total. The molecule has 0 radical (unpaired) electrons. The van der Waals surface area contributed by atoms with Gasteiger partial charge in [0, 0.05) is 0 Å². The number of nitrogens with zero attached hydrogens (tertiary/aromatic N) is 2. The molecular formula is C13H18N2O7. The monoisotopic (exact) mass is 314 g/mol. The Morgan fingerprint density at radius 3 is 1.95 bits per heavy atom. The average Bonchev–Trinajstić information content (AvgIpc) is 2.46. The second-order valence-electron chi connectivity index (χ2n) is 4.09.